The van der Waals surface area contributed by atoms with E-state index in [-0.39, 0.29) is 0 Å². The monoisotopic (exact) mass is 377 g/mol. The number of aryl methyl sites for hydroxylation is 1. The van der Waals surface area contributed by atoms with E-state index >= 15 is 0 Å². The summed E-state index contributed by atoms with van der Waals surface area (Å²) >= 11 is 0. The molecule has 0 aliphatic heterocycles. The van der Waals surface area contributed by atoms with Gasteiger partial charge in [-0.2, -0.15) is 4.98 Å². The van der Waals surface area contributed by atoms with E-state index in [9.17, 15) is 0 Å². The fourth-order valence-electron chi connectivity index (χ4n) is 3.00. The number of hydrogen-bond acceptors (Lipinski definition) is 6. The molecule has 0 aliphatic carbocycles. The number of anilines is 5. The normalized spacial score (nSPS) is 10.4. The van der Waals surface area contributed by atoms with Crippen molar-refractivity contribution in [2.45, 2.75) is 20.8 Å². The fourth-order valence-corrected chi connectivity index (χ4v) is 3.00. The second-order valence-electron chi connectivity index (χ2n) is 6.42. The Hall–Kier alpha value is -3.28. The van der Waals surface area contributed by atoms with Crippen molar-refractivity contribution in [3.8, 4) is 5.75 Å². The lowest BCUT2D eigenvalue weighted by molar-refractivity contribution is 0.415. The molecule has 0 bridgehead atoms. The third-order valence-corrected chi connectivity index (χ3v) is 4.60. The summed E-state index contributed by atoms with van der Waals surface area (Å²) in [6.07, 6.45) is 1.74. The number of ether oxygens (including phenoxy) is 1. The lowest BCUT2D eigenvalue weighted by Gasteiger charge is -2.22. The number of nitrogens with zero attached hydrogens (tertiary/aromatic N) is 3. The number of methoxy groups -OCH3 is 1. The molecule has 1 heterocycles. The largest absolute Gasteiger partial charge is 0.497 e. The van der Waals surface area contributed by atoms with Gasteiger partial charge in [0.05, 0.1) is 7.11 Å². The smallest absolute Gasteiger partial charge is 0.229 e. The van der Waals surface area contributed by atoms with Crippen molar-refractivity contribution in [3.05, 3.63) is 60.3 Å². The van der Waals surface area contributed by atoms with Crippen LogP contribution in [0.1, 0.15) is 19.4 Å². The Morgan fingerprint density at radius 3 is 2.36 bits per heavy atom. The molecule has 0 fully saturated rings. The Bertz CT molecular complexity index is 907. The third kappa shape index (κ3) is 4.71. The second kappa shape index (κ2) is 9.08. The lowest BCUT2D eigenvalue weighted by atomic mass is 10.1. The standard InChI is InChI=1S/C22H27N5O/c1-5-27(6-2)18-9-12-20(16(3)15-18)25-21-13-14-23-22(26-21)24-17-7-10-19(28-4)11-8-17/h7-15H,5-6H2,1-4H3,(H2,23,24,25,26). The Morgan fingerprint density at radius 2 is 1.71 bits per heavy atom. The Kier molecular flexibility index (Phi) is 6.32. The second-order valence-corrected chi connectivity index (χ2v) is 6.42. The maximum Gasteiger partial charge on any atom is 0.229 e. The van der Waals surface area contributed by atoms with Gasteiger partial charge in [0.1, 0.15) is 11.6 Å². The van der Waals surface area contributed by atoms with E-state index in [1.54, 1.807) is 13.3 Å². The Balaban J connectivity index is 1.73. The first-order valence-electron chi connectivity index (χ1n) is 9.49. The van der Waals surface area contributed by atoms with Crippen LogP contribution in [0.4, 0.5) is 28.8 Å². The highest BCUT2D eigenvalue weighted by molar-refractivity contribution is 5.66. The Labute approximate surface area is 166 Å². The van der Waals surface area contributed by atoms with E-state index < -0.39 is 0 Å². The molecule has 1 aromatic heterocycles. The zero-order chi connectivity index (χ0) is 19.9. The van der Waals surface area contributed by atoms with Gasteiger partial charge < -0.3 is 20.3 Å². The van der Waals surface area contributed by atoms with Crippen molar-refractivity contribution >= 4 is 28.8 Å². The molecule has 3 aromatic rings. The topological polar surface area (TPSA) is 62.3 Å². The molecule has 0 spiro atoms. The molecule has 2 N–H and O–H groups in total. The predicted molar refractivity (Wildman–Crippen MR) is 116 cm³/mol. The number of hydrogen-bond donors (Lipinski definition) is 2. The van der Waals surface area contributed by atoms with Gasteiger partial charge in [0.25, 0.3) is 0 Å². The van der Waals surface area contributed by atoms with Crippen LogP contribution in [0.15, 0.2) is 54.7 Å². The van der Waals surface area contributed by atoms with Gasteiger partial charge in [0.2, 0.25) is 5.95 Å². The maximum absolute atomic E-state index is 5.18. The van der Waals surface area contributed by atoms with Crippen LogP contribution in [-0.4, -0.2) is 30.2 Å². The number of rotatable bonds is 8. The summed E-state index contributed by atoms with van der Waals surface area (Å²) in [5, 5.41) is 6.60. The molecule has 28 heavy (non-hydrogen) atoms. The van der Waals surface area contributed by atoms with E-state index in [0.717, 1.165) is 36.0 Å². The zero-order valence-corrected chi connectivity index (χ0v) is 16.9. The zero-order valence-electron chi connectivity index (χ0n) is 16.9. The molecule has 146 valence electrons. The van der Waals surface area contributed by atoms with E-state index in [4.69, 9.17) is 4.74 Å². The van der Waals surface area contributed by atoms with Crippen molar-refractivity contribution in [3.63, 3.8) is 0 Å². The van der Waals surface area contributed by atoms with Gasteiger partial charge in [-0.15, -0.1) is 0 Å². The highest BCUT2D eigenvalue weighted by atomic mass is 16.5. The fraction of sp³-hybridized carbons (Fsp3) is 0.273. The van der Waals surface area contributed by atoms with E-state index in [2.05, 4.69) is 64.5 Å². The molecular weight excluding hydrogens is 350 g/mol. The molecule has 2 aromatic carbocycles. The van der Waals surface area contributed by atoms with Gasteiger partial charge in [0.15, 0.2) is 0 Å². The molecule has 0 atom stereocenters. The number of benzene rings is 2. The summed E-state index contributed by atoms with van der Waals surface area (Å²) < 4.78 is 5.18. The summed E-state index contributed by atoms with van der Waals surface area (Å²) in [6.45, 7) is 8.43. The third-order valence-electron chi connectivity index (χ3n) is 4.60. The van der Waals surface area contributed by atoms with Crippen molar-refractivity contribution in [2.75, 3.05) is 35.7 Å². The maximum atomic E-state index is 5.18. The number of nitrogens with one attached hydrogen (secondary N) is 2. The highest BCUT2D eigenvalue weighted by Crippen LogP contribution is 2.25. The average Bonchev–Trinajstić information content (AvgIpc) is 2.72. The summed E-state index contributed by atoms with van der Waals surface area (Å²) in [6, 6.07) is 15.9. The minimum atomic E-state index is 0.535. The van der Waals surface area contributed by atoms with E-state index in [0.29, 0.717) is 5.95 Å². The van der Waals surface area contributed by atoms with Crippen LogP contribution in [0.3, 0.4) is 0 Å². The molecule has 3 rings (SSSR count). The lowest BCUT2D eigenvalue weighted by Crippen LogP contribution is -2.21. The highest BCUT2D eigenvalue weighted by Gasteiger charge is 2.07. The van der Waals surface area contributed by atoms with Crippen LogP contribution in [0.25, 0.3) is 0 Å². The molecule has 0 saturated heterocycles. The SMILES string of the molecule is CCN(CC)c1ccc(Nc2ccnc(Nc3ccc(OC)cc3)n2)c(C)c1. The van der Waals surface area contributed by atoms with Gasteiger partial charge in [0, 0.05) is 36.3 Å². The van der Waals surface area contributed by atoms with Crippen LogP contribution >= 0.6 is 0 Å². The van der Waals surface area contributed by atoms with Gasteiger partial charge in [-0.25, -0.2) is 4.98 Å². The Morgan fingerprint density at radius 1 is 0.964 bits per heavy atom. The average molecular weight is 377 g/mol. The van der Waals surface area contributed by atoms with Crippen LogP contribution in [-0.2, 0) is 0 Å². The quantitative estimate of drug-likeness (QED) is 0.568. The van der Waals surface area contributed by atoms with Gasteiger partial charge in [-0.05, 0) is 74.9 Å². The first-order valence-corrected chi connectivity index (χ1v) is 9.49. The van der Waals surface area contributed by atoms with Gasteiger partial charge in [-0.3, -0.25) is 0 Å². The molecule has 0 amide bonds. The van der Waals surface area contributed by atoms with Crippen LogP contribution in [0.2, 0.25) is 0 Å². The first-order chi connectivity index (χ1) is 13.6. The van der Waals surface area contributed by atoms with Gasteiger partial charge >= 0.3 is 0 Å². The summed E-state index contributed by atoms with van der Waals surface area (Å²) in [4.78, 5) is 11.2. The molecule has 6 nitrogen and oxygen atoms in total. The molecular formula is C22H27N5O. The molecule has 6 heteroatoms. The summed E-state index contributed by atoms with van der Waals surface area (Å²) in [5.41, 5.74) is 4.34. The van der Waals surface area contributed by atoms with Crippen LogP contribution < -0.4 is 20.3 Å². The van der Waals surface area contributed by atoms with Crippen molar-refractivity contribution in [2.24, 2.45) is 0 Å². The summed E-state index contributed by atoms with van der Waals surface area (Å²) in [5.74, 6) is 2.09. The first kappa shape index (κ1) is 19.5. The van der Waals surface area contributed by atoms with Crippen molar-refractivity contribution in [1.29, 1.82) is 0 Å². The van der Waals surface area contributed by atoms with Crippen molar-refractivity contribution in [1.82, 2.24) is 9.97 Å². The van der Waals surface area contributed by atoms with Crippen LogP contribution in [0, 0.1) is 6.92 Å². The molecule has 0 unspecified atom stereocenters. The molecule has 0 saturated carbocycles. The van der Waals surface area contributed by atoms with E-state index in [1.165, 1.54) is 11.3 Å². The minimum Gasteiger partial charge on any atom is -0.497 e. The van der Waals surface area contributed by atoms with E-state index in [1.807, 2.05) is 30.3 Å². The van der Waals surface area contributed by atoms with Crippen LogP contribution in [0.5, 0.6) is 5.75 Å². The van der Waals surface area contributed by atoms with Gasteiger partial charge in [-0.1, -0.05) is 0 Å². The molecule has 0 aliphatic rings. The molecule has 0 radical (unpaired) electrons. The minimum absolute atomic E-state index is 0.535. The predicted octanol–water partition coefficient (Wildman–Crippen LogP) is 5.13. The number of aromatic nitrogens is 2. The van der Waals surface area contributed by atoms with Crippen molar-refractivity contribution < 1.29 is 4.74 Å². The summed E-state index contributed by atoms with van der Waals surface area (Å²) in [7, 11) is 1.65.